The molecular formula is C8H13O4P. The summed E-state index contributed by atoms with van der Waals surface area (Å²) in [5, 5.41) is 0. The van der Waals surface area contributed by atoms with Gasteiger partial charge in [0.1, 0.15) is 0 Å². The van der Waals surface area contributed by atoms with Crippen molar-refractivity contribution in [1.29, 1.82) is 0 Å². The van der Waals surface area contributed by atoms with Crippen molar-refractivity contribution in [2.45, 2.75) is 32.0 Å². The van der Waals surface area contributed by atoms with Crippen LogP contribution in [0.15, 0.2) is 12.2 Å². The summed E-state index contributed by atoms with van der Waals surface area (Å²) in [4.78, 5) is 0. The van der Waals surface area contributed by atoms with E-state index in [-0.39, 0.29) is 12.2 Å². The summed E-state index contributed by atoms with van der Waals surface area (Å²) >= 11 is 0. The molecule has 4 nitrogen and oxygen atoms in total. The van der Waals surface area contributed by atoms with Crippen LogP contribution in [0.5, 0.6) is 0 Å². The van der Waals surface area contributed by atoms with Crippen molar-refractivity contribution in [3.8, 4) is 0 Å². The molecule has 0 aromatic carbocycles. The second kappa shape index (κ2) is 3.54. The van der Waals surface area contributed by atoms with Gasteiger partial charge in [-0.05, 0) is 6.42 Å². The average Bonchev–Trinajstić information content (AvgIpc) is 2.23. The minimum atomic E-state index is -3.24. The first kappa shape index (κ1) is 9.41. The molecule has 0 amide bonds. The van der Waals surface area contributed by atoms with E-state index in [1.165, 1.54) is 0 Å². The van der Waals surface area contributed by atoms with Gasteiger partial charge in [0.2, 0.25) is 0 Å². The quantitative estimate of drug-likeness (QED) is 0.485. The van der Waals surface area contributed by atoms with Gasteiger partial charge in [0.25, 0.3) is 0 Å². The van der Waals surface area contributed by atoms with Gasteiger partial charge in [-0.2, -0.15) is 0 Å². The first-order chi connectivity index (χ1) is 6.22. The number of hydrogen-bond donors (Lipinski definition) is 0. The molecule has 0 spiro atoms. The first-order valence-electron chi connectivity index (χ1n) is 4.50. The van der Waals surface area contributed by atoms with E-state index >= 15 is 0 Å². The van der Waals surface area contributed by atoms with Gasteiger partial charge < -0.3 is 0 Å². The van der Waals surface area contributed by atoms with Crippen LogP contribution in [-0.4, -0.2) is 18.8 Å². The standard InChI is InChI=1S/C8H13O4P/c1-2-7-6-8-4-3-5-10-13(9,11-7)12-8/h3-4,7-8H,2,5-6H2,1H3/t7-,8-,13?/m1/s1. The van der Waals surface area contributed by atoms with Crippen molar-refractivity contribution < 1.29 is 18.1 Å². The third kappa shape index (κ3) is 2.02. The molecule has 0 aliphatic carbocycles. The van der Waals surface area contributed by atoms with Gasteiger partial charge in [-0.15, -0.1) is 0 Å². The Labute approximate surface area is 77.5 Å². The molecule has 3 atom stereocenters. The smallest absolute Gasteiger partial charge is 0.283 e. The van der Waals surface area contributed by atoms with Crippen LogP contribution in [0.4, 0.5) is 0 Å². The lowest BCUT2D eigenvalue weighted by atomic mass is 10.1. The summed E-state index contributed by atoms with van der Waals surface area (Å²) in [5.41, 5.74) is 0. The highest BCUT2D eigenvalue weighted by atomic mass is 31.2. The molecule has 2 aliphatic rings. The molecular weight excluding hydrogens is 191 g/mol. The Bertz CT molecular complexity index is 263. The number of rotatable bonds is 1. The minimum Gasteiger partial charge on any atom is -0.283 e. The lowest BCUT2D eigenvalue weighted by Crippen LogP contribution is -2.26. The zero-order chi connectivity index (χ0) is 9.31. The second-order valence-electron chi connectivity index (χ2n) is 3.19. The molecule has 2 heterocycles. The third-order valence-electron chi connectivity index (χ3n) is 2.17. The molecule has 0 radical (unpaired) electrons. The van der Waals surface area contributed by atoms with Crippen molar-refractivity contribution >= 4 is 7.82 Å². The van der Waals surface area contributed by atoms with Crippen molar-refractivity contribution in [1.82, 2.24) is 0 Å². The van der Waals surface area contributed by atoms with Gasteiger partial charge in [-0.1, -0.05) is 19.1 Å². The van der Waals surface area contributed by atoms with Crippen LogP contribution in [0.1, 0.15) is 19.8 Å². The lowest BCUT2D eigenvalue weighted by molar-refractivity contribution is 0.0119. The van der Waals surface area contributed by atoms with E-state index in [1.807, 2.05) is 19.1 Å². The Hall–Kier alpha value is -0.150. The predicted molar refractivity (Wildman–Crippen MR) is 47.4 cm³/mol. The number of fused-ring (bicyclic) bond motifs is 2. The number of phosphoric acid groups is 1. The van der Waals surface area contributed by atoms with Crippen molar-refractivity contribution in [2.75, 3.05) is 6.61 Å². The van der Waals surface area contributed by atoms with E-state index in [9.17, 15) is 4.57 Å². The van der Waals surface area contributed by atoms with Gasteiger partial charge in [0.05, 0.1) is 18.8 Å². The molecule has 2 bridgehead atoms. The zero-order valence-electron chi connectivity index (χ0n) is 7.51. The van der Waals surface area contributed by atoms with Crippen LogP contribution in [0.2, 0.25) is 0 Å². The van der Waals surface area contributed by atoms with E-state index in [0.29, 0.717) is 6.61 Å². The summed E-state index contributed by atoms with van der Waals surface area (Å²) in [6, 6.07) is 0. The number of phosphoric ester groups is 1. The summed E-state index contributed by atoms with van der Waals surface area (Å²) in [6.45, 7) is 2.31. The molecule has 1 fully saturated rings. The largest absolute Gasteiger partial charge is 0.475 e. The molecule has 74 valence electrons. The van der Waals surface area contributed by atoms with Gasteiger partial charge in [0.15, 0.2) is 0 Å². The summed E-state index contributed by atoms with van der Waals surface area (Å²) in [7, 11) is -3.24. The Kier molecular flexibility index (Phi) is 2.56. The predicted octanol–water partition coefficient (Wildman–Crippen LogP) is 2.27. The molecule has 0 saturated carbocycles. The fraction of sp³-hybridized carbons (Fsp3) is 0.750. The Morgan fingerprint density at radius 1 is 1.54 bits per heavy atom. The summed E-state index contributed by atoms with van der Waals surface area (Å²) < 4.78 is 27.2. The van der Waals surface area contributed by atoms with Crippen LogP contribution < -0.4 is 0 Å². The molecule has 1 saturated heterocycles. The fourth-order valence-electron chi connectivity index (χ4n) is 1.48. The highest BCUT2D eigenvalue weighted by molar-refractivity contribution is 7.48. The van der Waals surface area contributed by atoms with Crippen molar-refractivity contribution in [3.05, 3.63) is 12.2 Å². The van der Waals surface area contributed by atoms with Crippen molar-refractivity contribution in [2.24, 2.45) is 0 Å². The van der Waals surface area contributed by atoms with Crippen LogP contribution in [0.25, 0.3) is 0 Å². The summed E-state index contributed by atoms with van der Waals surface area (Å²) in [6.07, 6.45) is 5.21. The van der Waals surface area contributed by atoms with E-state index < -0.39 is 7.82 Å². The van der Waals surface area contributed by atoms with Crippen LogP contribution >= 0.6 is 7.82 Å². The van der Waals surface area contributed by atoms with Gasteiger partial charge >= 0.3 is 7.82 Å². The Morgan fingerprint density at radius 2 is 2.38 bits per heavy atom. The van der Waals surface area contributed by atoms with E-state index in [0.717, 1.165) is 12.8 Å². The Balaban J connectivity index is 2.17. The van der Waals surface area contributed by atoms with Crippen LogP contribution in [0, 0.1) is 0 Å². The third-order valence-corrected chi connectivity index (χ3v) is 3.72. The maximum atomic E-state index is 11.7. The normalized spacial score (nSPS) is 44.4. The van der Waals surface area contributed by atoms with E-state index in [4.69, 9.17) is 13.6 Å². The van der Waals surface area contributed by atoms with Gasteiger partial charge in [0, 0.05) is 6.42 Å². The highest BCUT2D eigenvalue weighted by Crippen LogP contribution is 2.56. The molecule has 5 heteroatoms. The van der Waals surface area contributed by atoms with Gasteiger partial charge in [-0.25, -0.2) is 4.57 Å². The molecule has 0 aromatic rings. The number of hydrogen-bond acceptors (Lipinski definition) is 4. The molecule has 1 unspecified atom stereocenters. The van der Waals surface area contributed by atoms with Crippen LogP contribution in [-0.2, 0) is 18.1 Å². The average molecular weight is 204 g/mol. The Morgan fingerprint density at radius 3 is 3.15 bits per heavy atom. The molecule has 0 N–H and O–H groups in total. The highest BCUT2D eigenvalue weighted by Gasteiger charge is 2.39. The van der Waals surface area contributed by atoms with Crippen molar-refractivity contribution in [3.63, 3.8) is 0 Å². The van der Waals surface area contributed by atoms with E-state index in [2.05, 4.69) is 0 Å². The fourth-order valence-corrected chi connectivity index (χ4v) is 3.00. The summed E-state index contributed by atoms with van der Waals surface area (Å²) in [5.74, 6) is 0. The SMILES string of the molecule is CC[C@@H]1C[C@H]2C=CCOP(=O)(O1)O2. The monoisotopic (exact) mass is 204 g/mol. The maximum absolute atomic E-state index is 11.7. The topological polar surface area (TPSA) is 44.8 Å². The lowest BCUT2D eigenvalue weighted by Gasteiger charge is -2.30. The minimum absolute atomic E-state index is 0.00710. The zero-order valence-corrected chi connectivity index (χ0v) is 8.41. The van der Waals surface area contributed by atoms with E-state index in [1.54, 1.807) is 0 Å². The molecule has 0 aromatic heterocycles. The first-order valence-corrected chi connectivity index (χ1v) is 5.96. The van der Waals surface area contributed by atoms with Gasteiger partial charge in [-0.3, -0.25) is 13.6 Å². The second-order valence-corrected chi connectivity index (χ2v) is 4.76. The molecule has 13 heavy (non-hydrogen) atoms. The maximum Gasteiger partial charge on any atom is 0.475 e. The molecule has 2 rings (SSSR count). The van der Waals surface area contributed by atoms with Crippen LogP contribution in [0.3, 0.4) is 0 Å². The molecule has 2 aliphatic heterocycles.